The second-order valence-corrected chi connectivity index (χ2v) is 5.12. The lowest BCUT2D eigenvalue weighted by Crippen LogP contribution is -1.99. The summed E-state index contributed by atoms with van der Waals surface area (Å²) >= 11 is 1.54. The van der Waals surface area contributed by atoms with E-state index >= 15 is 0 Å². The minimum atomic E-state index is -0.477. The van der Waals surface area contributed by atoms with Crippen molar-refractivity contribution in [3.05, 3.63) is 45.9 Å². The first-order valence-electron chi connectivity index (χ1n) is 5.42. The maximum atomic E-state index is 10.1. The average molecular weight is 249 g/mol. The van der Waals surface area contributed by atoms with Crippen LogP contribution >= 0.6 is 11.3 Å². The van der Waals surface area contributed by atoms with E-state index in [2.05, 4.69) is 4.98 Å². The van der Waals surface area contributed by atoms with Crippen molar-refractivity contribution in [3.8, 4) is 5.75 Å². The predicted octanol–water partition coefficient (Wildman–Crippen LogP) is 2.74. The summed E-state index contributed by atoms with van der Waals surface area (Å²) < 4.78 is 5.09. The highest BCUT2D eigenvalue weighted by atomic mass is 32.1. The number of aliphatic hydroxyl groups excluding tert-OH is 1. The summed E-state index contributed by atoms with van der Waals surface area (Å²) in [6.07, 6.45) is 1.87. The summed E-state index contributed by atoms with van der Waals surface area (Å²) in [6.45, 7) is 1.94. The summed E-state index contributed by atoms with van der Waals surface area (Å²) in [5, 5.41) is 11.0. The zero-order valence-corrected chi connectivity index (χ0v) is 10.7. The second kappa shape index (κ2) is 5.29. The topological polar surface area (TPSA) is 42.4 Å². The van der Waals surface area contributed by atoms with Crippen molar-refractivity contribution in [2.24, 2.45) is 0 Å². The van der Waals surface area contributed by atoms with Crippen LogP contribution in [0.25, 0.3) is 0 Å². The first kappa shape index (κ1) is 12.1. The minimum absolute atomic E-state index is 0.477. The first-order valence-corrected chi connectivity index (χ1v) is 6.24. The first-order chi connectivity index (χ1) is 8.19. The van der Waals surface area contributed by atoms with E-state index < -0.39 is 6.10 Å². The molecule has 0 saturated carbocycles. The molecule has 1 N–H and O–H groups in total. The van der Waals surface area contributed by atoms with Gasteiger partial charge in [-0.3, -0.25) is 0 Å². The highest BCUT2D eigenvalue weighted by Crippen LogP contribution is 2.24. The van der Waals surface area contributed by atoms with E-state index in [9.17, 15) is 5.11 Å². The SMILES string of the molecule is COc1ccc(CC(O)c2cnc(C)s2)cc1. The van der Waals surface area contributed by atoms with Crippen LogP contribution in [0.4, 0.5) is 0 Å². The Morgan fingerprint density at radius 3 is 2.59 bits per heavy atom. The van der Waals surface area contributed by atoms with Gasteiger partial charge in [-0.1, -0.05) is 12.1 Å². The number of ether oxygens (including phenoxy) is 1. The summed E-state index contributed by atoms with van der Waals surface area (Å²) in [7, 11) is 1.64. The van der Waals surface area contributed by atoms with Crippen molar-refractivity contribution in [1.29, 1.82) is 0 Å². The Morgan fingerprint density at radius 1 is 1.35 bits per heavy atom. The largest absolute Gasteiger partial charge is 0.497 e. The van der Waals surface area contributed by atoms with Gasteiger partial charge in [-0.05, 0) is 24.6 Å². The van der Waals surface area contributed by atoms with E-state index in [0.29, 0.717) is 6.42 Å². The van der Waals surface area contributed by atoms with Crippen molar-refractivity contribution < 1.29 is 9.84 Å². The van der Waals surface area contributed by atoms with E-state index in [1.807, 2.05) is 31.2 Å². The van der Waals surface area contributed by atoms with Gasteiger partial charge in [-0.15, -0.1) is 11.3 Å². The third-order valence-electron chi connectivity index (χ3n) is 2.56. The molecule has 1 heterocycles. The fourth-order valence-electron chi connectivity index (χ4n) is 1.62. The average Bonchev–Trinajstić information content (AvgIpc) is 2.77. The van der Waals surface area contributed by atoms with Gasteiger partial charge in [-0.2, -0.15) is 0 Å². The predicted molar refractivity (Wildman–Crippen MR) is 68.5 cm³/mol. The number of rotatable bonds is 4. The van der Waals surface area contributed by atoms with E-state index in [1.54, 1.807) is 13.3 Å². The number of nitrogens with zero attached hydrogens (tertiary/aromatic N) is 1. The standard InChI is InChI=1S/C13H15NO2S/c1-9-14-8-13(17-9)12(15)7-10-3-5-11(16-2)6-4-10/h3-6,8,12,15H,7H2,1-2H3. The molecule has 3 nitrogen and oxygen atoms in total. The molecule has 1 atom stereocenters. The molecule has 0 spiro atoms. The molecule has 0 saturated heterocycles. The van der Waals surface area contributed by atoms with E-state index in [1.165, 1.54) is 11.3 Å². The molecule has 0 aliphatic carbocycles. The number of hydrogen-bond donors (Lipinski definition) is 1. The van der Waals surface area contributed by atoms with Gasteiger partial charge < -0.3 is 9.84 Å². The molecule has 0 aliphatic heterocycles. The van der Waals surface area contributed by atoms with Gasteiger partial charge in [0.25, 0.3) is 0 Å². The molecule has 0 aliphatic rings. The number of aromatic nitrogens is 1. The second-order valence-electron chi connectivity index (χ2n) is 3.85. The lowest BCUT2D eigenvalue weighted by molar-refractivity contribution is 0.182. The van der Waals surface area contributed by atoms with Crippen molar-refractivity contribution in [1.82, 2.24) is 4.98 Å². The van der Waals surface area contributed by atoms with Crippen molar-refractivity contribution >= 4 is 11.3 Å². The number of aryl methyl sites for hydroxylation is 1. The Hall–Kier alpha value is -1.39. The van der Waals surface area contributed by atoms with E-state index in [-0.39, 0.29) is 0 Å². The smallest absolute Gasteiger partial charge is 0.118 e. The summed E-state index contributed by atoms with van der Waals surface area (Å²) in [6, 6.07) is 7.74. The van der Waals surface area contributed by atoms with Crippen LogP contribution in [0.15, 0.2) is 30.5 Å². The van der Waals surface area contributed by atoms with Crippen LogP contribution in [0.1, 0.15) is 21.6 Å². The van der Waals surface area contributed by atoms with Gasteiger partial charge in [0.15, 0.2) is 0 Å². The maximum Gasteiger partial charge on any atom is 0.118 e. The number of methoxy groups -OCH3 is 1. The van der Waals surface area contributed by atoms with Crippen LogP contribution in [0.5, 0.6) is 5.75 Å². The van der Waals surface area contributed by atoms with E-state index in [0.717, 1.165) is 21.2 Å². The summed E-state index contributed by atoms with van der Waals surface area (Å²) in [4.78, 5) is 5.06. The minimum Gasteiger partial charge on any atom is -0.497 e. The molecule has 1 aromatic carbocycles. The molecule has 0 amide bonds. The summed E-state index contributed by atoms with van der Waals surface area (Å²) in [5.41, 5.74) is 1.09. The molecule has 17 heavy (non-hydrogen) atoms. The molecular formula is C13H15NO2S. The van der Waals surface area contributed by atoms with Gasteiger partial charge in [0, 0.05) is 12.6 Å². The number of benzene rings is 1. The van der Waals surface area contributed by atoms with Crippen LogP contribution in [0.3, 0.4) is 0 Å². The molecule has 1 unspecified atom stereocenters. The van der Waals surface area contributed by atoms with Crippen molar-refractivity contribution in [2.45, 2.75) is 19.4 Å². The molecule has 1 aromatic heterocycles. The van der Waals surface area contributed by atoms with Crippen molar-refractivity contribution in [2.75, 3.05) is 7.11 Å². The molecule has 0 bridgehead atoms. The molecule has 4 heteroatoms. The third kappa shape index (κ3) is 3.05. The zero-order chi connectivity index (χ0) is 12.3. The maximum absolute atomic E-state index is 10.1. The van der Waals surface area contributed by atoms with Gasteiger partial charge in [-0.25, -0.2) is 4.98 Å². The van der Waals surface area contributed by atoms with Gasteiger partial charge >= 0.3 is 0 Å². The monoisotopic (exact) mass is 249 g/mol. The van der Waals surface area contributed by atoms with Crippen LogP contribution in [0, 0.1) is 6.92 Å². The molecule has 2 aromatic rings. The Bertz CT molecular complexity index is 478. The molecule has 2 rings (SSSR count). The molecule has 90 valence electrons. The van der Waals surface area contributed by atoms with Gasteiger partial charge in [0.1, 0.15) is 5.75 Å². The van der Waals surface area contributed by atoms with Gasteiger partial charge in [0.05, 0.1) is 23.1 Å². The fourth-order valence-corrected chi connectivity index (χ4v) is 2.39. The Morgan fingerprint density at radius 2 is 2.06 bits per heavy atom. The quantitative estimate of drug-likeness (QED) is 0.906. The number of aliphatic hydroxyl groups is 1. The Balaban J connectivity index is 2.04. The van der Waals surface area contributed by atoms with Crippen LogP contribution in [0.2, 0.25) is 0 Å². The number of thiazole rings is 1. The lowest BCUT2D eigenvalue weighted by Gasteiger charge is -2.08. The summed E-state index contributed by atoms with van der Waals surface area (Å²) in [5.74, 6) is 0.830. The molecule has 0 radical (unpaired) electrons. The normalized spacial score (nSPS) is 12.4. The molecule has 0 fully saturated rings. The Kier molecular flexibility index (Phi) is 3.76. The van der Waals surface area contributed by atoms with Crippen LogP contribution in [-0.4, -0.2) is 17.2 Å². The fraction of sp³-hybridized carbons (Fsp3) is 0.308. The molecular weight excluding hydrogens is 234 g/mol. The van der Waals surface area contributed by atoms with E-state index in [4.69, 9.17) is 4.74 Å². The Labute approximate surface area is 105 Å². The lowest BCUT2D eigenvalue weighted by atomic mass is 10.1. The zero-order valence-electron chi connectivity index (χ0n) is 9.88. The van der Waals surface area contributed by atoms with Crippen LogP contribution < -0.4 is 4.74 Å². The van der Waals surface area contributed by atoms with Crippen molar-refractivity contribution in [3.63, 3.8) is 0 Å². The highest BCUT2D eigenvalue weighted by molar-refractivity contribution is 7.11. The third-order valence-corrected chi connectivity index (χ3v) is 3.57. The van der Waals surface area contributed by atoms with Gasteiger partial charge in [0.2, 0.25) is 0 Å². The highest BCUT2D eigenvalue weighted by Gasteiger charge is 2.11. The van der Waals surface area contributed by atoms with Crippen LogP contribution in [-0.2, 0) is 6.42 Å². The number of hydrogen-bond acceptors (Lipinski definition) is 4.